The third-order valence-electron chi connectivity index (χ3n) is 3.04. The normalized spacial score (nSPS) is 18.6. The number of carbonyl (C=O) groups excluding carboxylic acids is 1. The third kappa shape index (κ3) is 2.65. The van der Waals surface area contributed by atoms with Gasteiger partial charge in [-0.2, -0.15) is 4.98 Å². The van der Waals surface area contributed by atoms with Crippen LogP contribution in [0.15, 0.2) is 27.5 Å². The average molecular weight is 262 g/mol. The van der Waals surface area contributed by atoms with Gasteiger partial charge in [0.1, 0.15) is 0 Å². The van der Waals surface area contributed by atoms with Gasteiger partial charge in [-0.3, -0.25) is 4.79 Å². The summed E-state index contributed by atoms with van der Waals surface area (Å²) in [5.74, 6) is 0.187. The van der Waals surface area contributed by atoms with Gasteiger partial charge in [-0.1, -0.05) is 5.16 Å². The van der Waals surface area contributed by atoms with Gasteiger partial charge in [0.2, 0.25) is 5.89 Å². The molecule has 2 aromatic heterocycles. The highest BCUT2D eigenvalue weighted by Crippen LogP contribution is 2.20. The Morgan fingerprint density at radius 2 is 2.53 bits per heavy atom. The molecule has 0 saturated carbocycles. The molecule has 1 saturated heterocycles. The maximum atomic E-state index is 11.8. The van der Waals surface area contributed by atoms with E-state index in [2.05, 4.69) is 20.8 Å². The Kier molecular flexibility index (Phi) is 3.28. The van der Waals surface area contributed by atoms with E-state index >= 15 is 0 Å². The lowest BCUT2D eigenvalue weighted by Crippen LogP contribution is -2.24. The van der Waals surface area contributed by atoms with Gasteiger partial charge in [-0.25, -0.2) is 0 Å². The van der Waals surface area contributed by atoms with Crippen LogP contribution in [0, 0.1) is 0 Å². The van der Waals surface area contributed by atoms with E-state index in [0.29, 0.717) is 12.4 Å². The topological polar surface area (TPSA) is 93.2 Å². The smallest absolute Gasteiger partial charge is 0.292 e. The first kappa shape index (κ1) is 11.9. The van der Waals surface area contributed by atoms with Crippen LogP contribution >= 0.6 is 0 Å². The van der Waals surface area contributed by atoms with Crippen molar-refractivity contribution < 1.29 is 13.7 Å². The van der Waals surface area contributed by atoms with E-state index in [4.69, 9.17) is 8.94 Å². The molecule has 1 atom stereocenters. The summed E-state index contributed by atoms with van der Waals surface area (Å²) in [7, 11) is 0. The van der Waals surface area contributed by atoms with Gasteiger partial charge >= 0.3 is 0 Å². The lowest BCUT2D eigenvalue weighted by Gasteiger charge is -2.01. The second kappa shape index (κ2) is 5.23. The Morgan fingerprint density at radius 3 is 3.26 bits per heavy atom. The zero-order valence-corrected chi connectivity index (χ0v) is 10.3. The SMILES string of the molecule is O=C(NCc1ccoc1)c1noc(C2CCCN2)n1. The van der Waals surface area contributed by atoms with E-state index in [-0.39, 0.29) is 17.8 Å². The first-order chi connectivity index (χ1) is 9.33. The first-order valence-corrected chi connectivity index (χ1v) is 6.19. The number of furan rings is 1. The number of rotatable bonds is 4. The predicted molar refractivity (Wildman–Crippen MR) is 64.2 cm³/mol. The molecule has 3 rings (SSSR count). The van der Waals surface area contributed by atoms with Crippen LogP contribution in [0.1, 0.15) is 41.0 Å². The van der Waals surface area contributed by atoms with Crippen molar-refractivity contribution in [3.05, 3.63) is 35.9 Å². The summed E-state index contributed by atoms with van der Waals surface area (Å²) in [6.45, 7) is 1.32. The lowest BCUT2D eigenvalue weighted by atomic mass is 10.2. The van der Waals surface area contributed by atoms with Crippen molar-refractivity contribution in [3.63, 3.8) is 0 Å². The largest absolute Gasteiger partial charge is 0.472 e. The fraction of sp³-hybridized carbons (Fsp3) is 0.417. The van der Waals surface area contributed by atoms with Crippen molar-refractivity contribution in [1.82, 2.24) is 20.8 Å². The van der Waals surface area contributed by atoms with Gasteiger partial charge in [0.25, 0.3) is 11.7 Å². The van der Waals surface area contributed by atoms with E-state index in [0.717, 1.165) is 24.9 Å². The molecule has 1 aliphatic heterocycles. The minimum atomic E-state index is -0.353. The van der Waals surface area contributed by atoms with Crippen LogP contribution in [-0.2, 0) is 6.54 Å². The summed E-state index contributed by atoms with van der Waals surface area (Å²) in [5.41, 5.74) is 0.884. The van der Waals surface area contributed by atoms with Crippen LogP contribution in [-0.4, -0.2) is 22.6 Å². The second-order valence-corrected chi connectivity index (χ2v) is 4.42. The van der Waals surface area contributed by atoms with Crippen LogP contribution in [0.2, 0.25) is 0 Å². The summed E-state index contributed by atoms with van der Waals surface area (Å²) in [4.78, 5) is 15.9. The summed E-state index contributed by atoms with van der Waals surface area (Å²) >= 11 is 0. The van der Waals surface area contributed by atoms with Gasteiger partial charge in [-0.15, -0.1) is 0 Å². The first-order valence-electron chi connectivity index (χ1n) is 6.19. The molecule has 0 aliphatic carbocycles. The van der Waals surface area contributed by atoms with Gasteiger partial charge in [-0.05, 0) is 25.5 Å². The Hall–Kier alpha value is -2.15. The fourth-order valence-electron chi connectivity index (χ4n) is 2.02. The van der Waals surface area contributed by atoms with Crippen LogP contribution in [0.5, 0.6) is 0 Å². The molecule has 7 heteroatoms. The maximum Gasteiger partial charge on any atom is 0.292 e. The number of nitrogens with one attached hydrogen (secondary N) is 2. The Balaban J connectivity index is 1.60. The summed E-state index contributed by atoms with van der Waals surface area (Å²) in [6, 6.07) is 1.85. The molecule has 2 aromatic rings. The Labute approximate surface area is 109 Å². The minimum absolute atomic E-state index is 0.0622. The van der Waals surface area contributed by atoms with Crippen LogP contribution < -0.4 is 10.6 Å². The standard InChI is InChI=1S/C12H14N4O3/c17-11(14-6-8-3-5-18-7-8)10-15-12(19-16-10)9-2-1-4-13-9/h3,5,7,9,13H,1-2,4,6H2,(H,14,17). The summed E-state index contributed by atoms with van der Waals surface area (Å²) in [6.07, 6.45) is 5.16. The third-order valence-corrected chi connectivity index (χ3v) is 3.04. The second-order valence-electron chi connectivity index (χ2n) is 4.42. The molecule has 0 bridgehead atoms. The van der Waals surface area contributed by atoms with E-state index in [1.165, 1.54) is 0 Å². The van der Waals surface area contributed by atoms with Gasteiger partial charge < -0.3 is 19.6 Å². The minimum Gasteiger partial charge on any atom is -0.472 e. The molecular weight excluding hydrogens is 248 g/mol. The van der Waals surface area contributed by atoms with E-state index in [9.17, 15) is 4.79 Å². The Morgan fingerprint density at radius 1 is 1.58 bits per heavy atom. The van der Waals surface area contributed by atoms with Crippen molar-refractivity contribution in [2.45, 2.75) is 25.4 Å². The molecule has 3 heterocycles. The van der Waals surface area contributed by atoms with Gasteiger partial charge in [0.05, 0.1) is 18.6 Å². The van der Waals surface area contributed by atoms with Crippen molar-refractivity contribution in [3.8, 4) is 0 Å². The monoisotopic (exact) mass is 262 g/mol. The molecule has 1 unspecified atom stereocenters. The molecule has 2 N–H and O–H groups in total. The van der Waals surface area contributed by atoms with E-state index in [1.807, 2.05) is 0 Å². The van der Waals surface area contributed by atoms with Crippen LogP contribution in [0.4, 0.5) is 0 Å². The average Bonchev–Trinajstić information content (AvgIpc) is 3.14. The zero-order valence-electron chi connectivity index (χ0n) is 10.3. The van der Waals surface area contributed by atoms with Crippen LogP contribution in [0.3, 0.4) is 0 Å². The highest BCUT2D eigenvalue weighted by molar-refractivity contribution is 5.90. The molecule has 0 aromatic carbocycles. The number of carbonyl (C=O) groups is 1. The molecular formula is C12H14N4O3. The molecule has 0 spiro atoms. The zero-order chi connectivity index (χ0) is 13.1. The highest BCUT2D eigenvalue weighted by Gasteiger charge is 2.24. The predicted octanol–water partition coefficient (Wildman–Crippen LogP) is 1.02. The van der Waals surface area contributed by atoms with Crippen molar-refractivity contribution in [1.29, 1.82) is 0 Å². The molecule has 1 aliphatic rings. The fourth-order valence-corrected chi connectivity index (χ4v) is 2.02. The number of nitrogens with zero attached hydrogens (tertiary/aromatic N) is 2. The van der Waals surface area contributed by atoms with Gasteiger partial charge in [0, 0.05) is 12.1 Å². The highest BCUT2D eigenvalue weighted by atomic mass is 16.5. The molecule has 7 nitrogen and oxygen atoms in total. The maximum absolute atomic E-state index is 11.8. The number of amides is 1. The molecule has 0 radical (unpaired) electrons. The molecule has 1 fully saturated rings. The summed E-state index contributed by atoms with van der Waals surface area (Å²) < 4.78 is 10.0. The van der Waals surface area contributed by atoms with Crippen LogP contribution in [0.25, 0.3) is 0 Å². The van der Waals surface area contributed by atoms with Crippen molar-refractivity contribution in [2.24, 2.45) is 0 Å². The molecule has 100 valence electrons. The van der Waals surface area contributed by atoms with E-state index in [1.54, 1.807) is 18.6 Å². The van der Waals surface area contributed by atoms with Crippen molar-refractivity contribution in [2.75, 3.05) is 6.54 Å². The van der Waals surface area contributed by atoms with E-state index < -0.39 is 0 Å². The molecule has 19 heavy (non-hydrogen) atoms. The Bertz CT molecular complexity index is 543. The number of aromatic nitrogens is 2. The molecule has 1 amide bonds. The number of hydrogen-bond donors (Lipinski definition) is 2. The number of hydrogen-bond acceptors (Lipinski definition) is 6. The lowest BCUT2D eigenvalue weighted by molar-refractivity contribution is 0.0937. The quantitative estimate of drug-likeness (QED) is 0.854. The van der Waals surface area contributed by atoms with Crippen molar-refractivity contribution >= 4 is 5.91 Å². The summed E-state index contributed by atoms with van der Waals surface area (Å²) in [5, 5.41) is 9.64. The van der Waals surface area contributed by atoms with Gasteiger partial charge in [0.15, 0.2) is 0 Å².